The highest BCUT2D eigenvalue weighted by Crippen LogP contribution is 2.21. The van der Waals surface area contributed by atoms with Crippen molar-refractivity contribution in [2.24, 2.45) is 0 Å². The van der Waals surface area contributed by atoms with Gasteiger partial charge in [-0.1, -0.05) is 13.0 Å². The zero-order valence-corrected chi connectivity index (χ0v) is 13.4. The second-order valence-electron chi connectivity index (χ2n) is 4.97. The van der Waals surface area contributed by atoms with Crippen LogP contribution in [0.1, 0.15) is 35.8 Å². The van der Waals surface area contributed by atoms with Gasteiger partial charge in [0.2, 0.25) is 0 Å². The minimum Gasteiger partial charge on any atom is -0.491 e. The first-order chi connectivity index (χ1) is 9.58. The molecule has 20 heavy (non-hydrogen) atoms. The largest absolute Gasteiger partial charge is 0.491 e. The van der Waals surface area contributed by atoms with E-state index in [1.807, 2.05) is 18.2 Å². The third kappa shape index (κ3) is 3.97. The number of aryl methyl sites for hydroxylation is 2. The summed E-state index contributed by atoms with van der Waals surface area (Å²) in [5.74, 6) is 0.913. The van der Waals surface area contributed by atoms with Crippen LogP contribution in [0.25, 0.3) is 0 Å². The van der Waals surface area contributed by atoms with Gasteiger partial charge in [-0.3, -0.25) is 0 Å². The number of aromatic nitrogens is 1. The molecule has 1 N–H and O–H groups in total. The Hall–Kier alpha value is -1.55. The molecular formula is C16H22N2OS. The fourth-order valence-electron chi connectivity index (χ4n) is 1.79. The summed E-state index contributed by atoms with van der Waals surface area (Å²) in [6, 6.07) is 8.10. The van der Waals surface area contributed by atoms with Crippen molar-refractivity contribution in [3.63, 3.8) is 0 Å². The SMILES string of the molecule is CCC(C)Oc1cccc(NCc2nc(C)c(C)s2)c1. The van der Waals surface area contributed by atoms with Crippen molar-refractivity contribution in [1.29, 1.82) is 0 Å². The molecule has 4 heteroatoms. The Bertz CT molecular complexity index is 546. The molecule has 108 valence electrons. The Morgan fingerprint density at radius 1 is 1.35 bits per heavy atom. The molecule has 0 saturated heterocycles. The van der Waals surface area contributed by atoms with Crippen LogP contribution < -0.4 is 10.1 Å². The average Bonchev–Trinajstić information content (AvgIpc) is 2.76. The van der Waals surface area contributed by atoms with Gasteiger partial charge < -0.3 is 10.1 Å². The van der Waals surface area contributed by atoms with Crippen LogP contribution in [0.2, 0.25) is 0 Å². The summed E-state index contributed by atoms with van der Waals surface area (Å²) in [5, 5.41) is 4.52. The Labute approximate surface area is 125 Å². The number of nitrogens with zero attached hydrogens (tertiary/aromatic N) is 1. The molecule has 0 spiro atoms. The predicted octanol–water partition coefficient (Wildman–Crippen LogP) is 4.55. The van der Waals surface area contributed by atoms with Gasteiger partial charge in [-0.2, -0.15) is 0 Å². The molecule has 1 aromatic carbocycles. The Kier molecular flexibility index (Phi) is 5.01. The lowest BCUT2D eigenvalue weighted by Crippen LogP contribution is -2.09. The van der Waals surface area contributed by atoms with Crippen molar-refractivity contribution in [2.45, 2.75) is 46.8 Å². The third-order valence-corrected chi connectivity index (χ3v) is 4.34. The third-order valence-electron chi connectivity index (χ3n) is 3.26. The highest BCUT2D eigenvalue weighted by atomic mass is 32.1. The van der Waals surface area contributed by atoms with E-state index in [1.165, 1.54) is 4.88 Å². The maximum Gasteiger partial charge on any atom is 0.121 e. The number of nitrogens with one attached hydrogen (secondary N) is 1. The topological polar surface area (TPSA) is 34.1 Å². The van der Waals surface area contributed by atoms with Crippen molar-refractivity contribution in [3.8, 4) is 5.75 Å². The molecule has 2 rings (SSSR count). The minimum atomic E-state index is 0.245. The van der Waals surface area contributed by atoms with Crippen molar-refractivity contribution in [3.05, 3.63) is 39.8 Å². The first kappa shape index (κ1) is 14.9. The molecule has 0 saturated carbocycles. The molecule has 0 fully saturated rings. The highest BCUT2D eigenvalue weighted by molar-refractivity contribution is 7.11. The zero-order valence-electron chi connectivity index (χ0n) is 12.6. The monoisotopic (exact) mass is 290 g/mol. The molecule has 3 nitrogen and oxygen atoms in total. The van der Waals surface area contributed by atoms with Crippen molar-refractivity contribution < 1.29 is 4.74 Å². The minimum absolute atomic E-state index is 0.245. The maximum absolute atomic E-state index is 5.83. The fraction of sp³-hybridized carbons (Fsp3) is 0.438. The summed E-state index contributed by atoms with van der Waals surface area (Å²) in [4.78, 5) is 5.82. The van der Waals surface area contributed by atoms with Gasteiger partial charge in [0, 0.05) is 16.6 Å². The summed E-state index contributed by atoms with van der Waals surface area (Å²) < 4.78 is 5.83. The molecule has 1 atom stereocenters. The second kappa shape index (κ2) is 6.75. The summed E-state index contributed by atoms with van der Waals surface area (Å²) in [6.07, 6.45) is 1.25. The van der Waals surface area contributed by atoms with Crippen molar-refractivity contribution in [1.82, 2.24) is 4.98 Å². The van der Waals surface area contributed by atoms with Crippen LogP contribution in [0.4, 0.5) is 5.69 Å². The van der Waals surface area contributed by atoms with Crippen LogP contribution in [-0.2, 0) is 6.54 Å². The van der Waals surface area contributed by atoms with Crippen molar-refractivity contribution in [2.75, 3.05) is 5.32 Å². The number of hydrogen-bond donors (Lipinski definition) is 1. The fourth-order valence-corrected chi connectivity index (χ4v) is 2.66. The second-order valence-corrected chi connectivity index (χ2v) is 6.26. The number of anilines is 1. The molecule has 0 bridgehead atoms. The van der Waals surface area contributed by atoms with Gasteiger partial charge in [0.25, 0.3) is 0 Å². The van der Waals surface area contributed by atoms with E-state index in [0.29, 0.717) is 0 Å². The smallest absolute Gasteiger partial charge is 0.121 e. The van der Waals surface area contributed by atoms with Crippen LogP contribution in [0.3, 0.4) is 0 Å². The van der Waals surface area contributed by atoms with E-state index in [2.05, 4.69) is 44.1 Å². The van der Waals surface area contributed by atoms with Gasteiger partial charge >= 0.3 is 0 Å². The molecule has 0 aliphatic carbocycles. The first-order valence-corrected chi connectivity index (χ1v) is 7.83. The summed E-state index contributed by atoms with van der Waals surface area (Å²) in [7, 11) is 0. The van der Waals surface area contributed by atoms with E-state index < -0.39 is 0 Å². The Balaban J connectivity index is 1.97. The Morgan fingerprint density at radius 3 is 2.80 bits per heavy atom. The molecule has 0 amide bonds. The quantitative estimate of drug-likeness (QED) is 0.847. The Morgan fingerprint density at radius 2 is 2.15 bits per heavy atom. The molecule has 0 radical (unpaired) electrons. The van der Waals surface area contributed by atoms with Gasteiger partial charge in [-0.25, -0.2) is 4.98 Å². The molecule has 0 aliphatic rings. The molecule has 2 aromatic rings. The standard InChI is InChI=1S/C16H22N2OS/c1-5-11(2)19-15-8-6-7-14(9-15)17-10-16-18-12(3)13(4)20-16/h6-9,11,17H,5,10H2,1-4H3. The van der Waals surface area contributed by atoms with Gasteiger partial charge in [-0.05, 0) is 39.3 Å². The normalized spacial score (nSPS) is 12.2. The number of benzene rings is 1. The van der Waals surface area contributed by atoms with E-state index in [-0.39, 0.29) is 6.10 Å². The lowest BCUT2D eigenvalue weighted by atomic mass is 10.2. The van der Waals surface area contributed by atoms with Crippen LogP contribution in [0, 0.1) is 13.8 Å². The number of hydrogen-bond acceptors (Lipinski definition) is 4. The van der Waals surface area contributed by atoms with E-state index in [4.69, 9.17) is 4.74 Å². The zero-order chi connectivity index (χ0) is 14.5. The predicted molar refractivity (Wildman–Crippen MR) is 85.7 cm³/mol. The summed E-state index contributed by atoms with van der Waals surface area (Å²) >= 11 is 1.75. The molecule has 0 aliphatic heterocycles. The van der Waals surface area contributed by atoms with Crippen LogP contribution in [-0.4, -0.2) is 11.1 Å². The molecular weight excluding hydrogens is 268 g/mol. The van der Waals surface area contributed by atoms with Crippen LogP contribution in [0.15, 0.2) is 24.3 Å². The van der Waals surface area contributed by atoms with E-state index >= 15 is 0 Å². The highest BCUT2D eigenvalue weighted by Gasteiger charge is 2.05. The summed E-state index contributed by atoms with van der Waals surface area (Å²) in [5.41, 5.74) is 2.19. The number of rotatable bonds is 6. The van der Waals surface area contributed by atoms with Gasteiger partial charge in [0.1, 0.15) is 10.8 Å². The van der Waals surface area contributed by atoms with Gasteiger partial charge in [0.15, 0.2) is 0 Å². The molecule has 1 unspecified atom stereocenters. The summed E-state index contributed by atoms with van der Waals surface area (Å²) in [6.45, 7) is 9.13. The lowest BCUT2D eigenvalue weighted by Gasteiger charge is -2.13. The lowest BCUT2D eigenvalue weighted by molar-refractivity contribution is 0.217. The molecule has 1 aromatic heterocycles. The number of ether oxygens (including phenoxy) is 1. The van der Waals surface area contributed by atoms with E-state index in [9.17, 15) is 0 Å². The average molecular weight is 290 g/mol. The van der Waals surface area contributed by atoms with Gasteiger partial charge in [-0.15, -0.1) is 11.3 Å². The van der Waals surface area contributed by atoms with E-state index in [0.717, 1.165) is 35.1 Å². The van der Waals surface area contributed by atoms with Crippen molar-refractivity contribution >= 4 is 17.0 Å². The van der Waals surface area contributed by atoms with Crippen LogP contribution >= 0.6 is 11.3 Å². The van der Waals surface area contributed by atoms with E-state index in [1.54, 1.807) is 11.3 Å². The number of thiazole rings is 1. The van der Waals surface area contributed by atoms with Gasteiger partial charge in [0.05, 0.1) is 18.3 Å². The first-order valence-electron chi connectivity index (χ1n) is 7.02. The maximum atomic E-state index is 5.83. The molecule has 1 heterocycles. The van der Waals surface area contributed by atoms with Crippen LogP contribution in [0.5, 0.6) is 5.75 Å².